The largest absolute Gasteiger partial charge is 0.371 e. The third-order valence-corrected chi connectivity index (χ3v) is 4.62. The Morgan fingerprint density at radius 3 is 2.89 bits per heavy atom. The quantitative estimate of drug-likeness (QED) is 0.446. The van der Waals surface area contributed by atoms with Crippen molar-refractivity contribution in [3.63, 3.8) is 0 Å². The van der Waals surface area contributed by atoms with E-state index in [0.29, 0.717) is 31.7 Å². The minimum atomic E-state index is -0.201. The monoisotopic (exact) mass is 379 g/mol. The summed E-state index contributed by atoms with van der Waals surface area (Å²) in [5.74, 6) is 0.318. The predicted molar refractivity (Wildman–Crippen MR) is 96.7 cm³/mol. The summed E-state index contributed by atoms with van der Waals surface area (Å²) in [6, 6.07) is -0.0769. The number of imidazole rings is 1. The fraction of sp³-hybridized carbons (Fsp3) is 0.647. The van der Waals surface area contributed by atoms with E-state index in [1.165, 1.54) is 0 Å². The number of nitrogens with zero attached hydrogens (tertiary/aromatic N) is 3. The summed E-state index contributed by atoms with van der Waals surface area (Å²) in [6.07, 6.45) is 2.78. The minimum absolute atomic E-state index is 0.0765. The molecule has 10 heteroatoms. The standard InChI is InChI=1S/C17H25N5O5/c1-10(2)16(24)21-17(18-3)20-15-12(5-23)19-8-22(15)11-4-13-14(26-6-11)7-25-9-27-13/h5,8,10-11,13-14H,4,6-7,9H2,1-3H3,(H2,18,20,21,24). The van der Waals surface area contributed by atoms with Crippen molar-refractivity contribution in [3.8, 4) is 0 Å². The van der Waals surface area contributed by atoms with E-state index >= 15 is 0 Å². The molecule has 3 unspecified atom stereocenters. The Morgan fingerprint density at radius 1 is 1.37 bits per heavy atom. The molecule has 27 heavy (non-hydrogen) atoms. The van der Waals surface area contributed by atoms with E-state index in [4.69, 9.17) is 14.2 Å². The number of aromatic nitrogens is 2. The number of aldehydes is 1. The van der Waals surface area contributed by atoms with E-state index in [1.807, 2.05) is 4.57 Å². The summed E-state index contributed by atoms with van der Waals surface area (Å²) in [4.78, 5) is 31.6. The first-order valence-electron chi connectivity index (χ1n) is 8.91. The van der Waals surface area contributed by atoms with Crippen molar-refractivity contribution in [2.75, 3.05) is 32.4 Å². The second-order valence-corrected chi connectivity index (χ2v) is 6.80. The molecule has 3 atom stereocenters. The van der Waals surface area contributed by atoms with Crippen LogP contribution in [-0.4, -0.2) is 67.0 Å². The van der Waals surface area contributed by atoms with Crippen LogP contribution in [0, 0.1) is 5.92 Å². The molecular weight excluding hydrogens is 354 g/mol. The van der Waals surface area contributed by atoms with E-state index in [2.05, 4.69) is 20.6 Å². The zero-order valence-corrected chi connectivity index (χ0v) is 15.7. The van der Waals surface area contributed by atoms with Gasteiger partial charge in [0.05, 0.1) is 31.7 Å². The van der Waals surface area contributed by atoms with E-state index in [9.17, 15) is 9.59 Å². The Balaban J connectivity index is 1.78. The lowest BCUT2D eigenvalue weighted by Gasteiger charge is -2.39. The Bertz CT molecular complexity index is 717. The molecule has 1 aromatic rings. The van der Waals surface area contributed by atoms with Crippen LogP contribution < -0.4 is 10.6 Å². The van der Waals surface area contributed by atoms with Crippen molar-refractivity contribution in [2.45, 2.75) is 38.5 Å². The molecule has 2 N–H and O–H groups in total. The maximum atomic E-state index is 12.0. The van der Waals surface area contributed by atoms with Crippen molar-refractivity contribution in [3.05, 3.63) is 12.0 Å². The zero-order chi connectivity index (χ0) is 19.4. The normalized spacial score (nSPS) is 25.8. The summed E-state index contributed by atoms with van der Waals surface area (Å²) >= 11 is 0. The van der Waals surface area contributed by atoms with Gasteiger partial charge in [0.1, 0.15) is 24.4 Å². The van der Waals surface area contributed by atoms with Gasteiger partial charge in [0.2, 0.25) is 11.9 Å². The van der Waals surface area contributed by atoms with Crippen molar-refractivity contribution in [1.82, 2.24) is 14.9 Å². The molecule has 0 radical (unpaired) electrons. The van der Waals surface area contributed by atoms with Crippen LogP contribution in [0.25, 0.3) is 0 Å². The predicted octanol–water partition coefficient (Wildman–Crippen LogP) is 0.568. The molecular formula is C17H25N5O5. The van der Waals surface area contributed by atoms with Gasteiger partial charge in [-0.25, -0.2) is 4.98 Å². The highest BCUT2D eigenvalue weighted by atomic mass is 16.7. The first kappa shape index (κ1) is 19.5. The fourth-order valence-electron chi connectivity index (χ4n) is 3.04. The van der Waals surface area contributed by atoms with Gasteiger partial charge in [-0.3, -0.25) is 19.9 Å². The molecule has 0 saturated carbocycles. The van der Waals surface area contributed by atoms with Crippen LogP contribution in [0.5, 0.6) is 0 Å². The lowest BCUT2D eigenvalue weighted by molar-refractivity contribution is -0.231. The van der Waals surface area contributed by atoms with Gasteiger partial charge >= 0.3 is 0 Å². The molecule has 0 aromatic carbocycles. The van der Waals surface area contributed by atoms with Crippen LogP contribution in [0.3, 0.4) is 0 Å². The third-order valence-electron chi connectivity index (χ3n) is 4.62. The van der Waals surface area contributed by atoms with E-state index in [0.717, 1.165) is 0 Å². The number of ether oxygens (including phenoxy) is 3. The molecule has 0 spiro atoms. The van der Waals surface area contributed by atoms with Gasteiger partial charge in [-0.05, 0) is 6.42 Å². The smallest absolute Gasteiger partial charge is 0.229 e. The minimum Gasteiger partial charge on any atom is -0.371 e. The molecule has 2 aliphatic rings. The molecule has 3 rings (SSSR count). The molecule has 2 fully saturated rings. The van der Waals surface area contributed by atoms with Crippen molar-refractivity contribution in [2.24, 2.45) is 10.9 Å². The van der Waals surface area contributed by atoms with Gasteiger partial charge in [0.25, 0.3) is 0 Å². The summed E-state index contributed by atoms with van der Waals surface area (Å²) in [5.41, 5.74) is 0.227. The number of aliphatic imine (C=N–C) groups is 1. The fourth-order valence-corrected chi connectivity index (χ4v) is 3.04. The highest BCUT2D eigenvalue weighted by Crippen LogP contribution is 2.31. The zero-order valence-electron chi connectivity index (χ0n) is 15.7. The molecule has 0 bridgehead atoms. The second-order valence-electron chi connectivity index (χ2n) is 6.80. The lowest BCUT2D eigenvalue weighted by Crippen LogP contribution is -2.47. The first-order valence-corrected chi connectivity index (χ1v) is 8.91. The second kappa shape index (κ2) is 8.59. The molecule has 0 aliphatic carbocycles. The van der Waals surface area contributed by atoms with Crippen molar-refractivity contribution >= 4 is 24.0 Å². The number of hydrogen-bond acceptors (Lipinski definition) is 7. The number of fused-ring (bicyclic) bond motifs is 1. The molecule has 1 aromatic heterocycles. The van der Waals surface area contributed by atoms with Gasteiger partial charge in [-0.1, -0.05) is 13.8 Å². The van der Waals surface area contributed by atoms with Gasteiger partial charge in [0, 0.05) is 13.0 Å². The van der Waals surface area contributed by atoms with Crippen LogP contribution in [0.1, 0.15) is 36.8 Å². The number of carbonyl (C=O) groups excluding carboxylic acids is 2. The third kappa shape index (κ3) is 4.34. The molecule has 2 saturated heterocycles. The first-order chi connectivity index (χ1) is 13.0. The van der Waals surface area contributed by atoms with Crippen LogP contribution >= 0.6 is 0 Å². The maximum Gasteiger partial charge on any atom is 0.229 e. The summed E-state index contributed by atoms with van der Waals surface area (Å²) < 4.78 is 18.6. The Hall–Kier alpha value is -2.30. The van der Waals surface area contributed by atoms with Gasteiger partial charge < -0.3 is 24.1 Å². The molecule has 1 amide bonds. The highest BCUT2D eigenvalue weighted by molar-refractivity contribution is 6.05. The number of rotatable bonds is 4. The number of hydrogen-bond donors (Lipinski definition) is 2. The average molecular weight is 379 g/mol. The van der Waals surface area contributed by atoms with E-state index in [-0.39, 0.29) is 48.5 Å². The van der Waals surface area contributed by atoms with E-state index in [1.54, 1.807) is 27.2 Å². The Kier molecular flexibility index (Phi) is 6.19. The molecule has 3 heterocycles. The van der Waals surface area contributed by atoms with Crippen molar-refractivity contribution < 1.29 is 23.8 Å². The molecule has 10 nitrogen and oxygen atoms in total. The maximum absolute atomic E-state index is 12.0. The number of anilines is 1. The number of nitrogens with one attached hydrogen (secondary N) is 2. The average Bonchev–Trinajstić information content (AvgIpc) is 3.09. The molecule has 2 aliphatic heterocycles. The molecule has 148 valence electrons. The Labute approximate surface area is 157 Å². The van der Waals surface area contributed by atoms with Crippen molar-refractivity contribution in [1.29, 1.82) is 0 Å². The van der Waals surface area contributed by atoms with E-state index < -0.39 is 0 Å². The van der Waals surface area contributed by atoms with Crippen LogP contribution in [0.15, 0.2) is 11.3 Å². The van der Waals surface area contributed by atoms with Gasteiger partial charge in [0.15, 0.2) is 6.29 Å². The summed E-state index contributed by atoms with van der Waals surface area (Å²) in [5, 5.41) is 5.72. The topological polar surface area (TPSA) is 116 Å². The van der Waals surface area contributed by atoms with Crippen LogP contribution in [-0.2, 0) is 19.0 Å². The summed E-state index contributed by atoms with van der Waals surface area (Å²) in [6.45, 7) is 4.77. The number of carbonyl (C=O) groups is 2. The SMILES string of the molecule is CN=C(NC(=O)C(C)C)Nc1c(C=O)ncn1C1COC2COCOC2C1. The Morgan fingerprint density at radius 2 is 2.19 bits per heavy atom. The highest BCUT2D eigenvalue weighted by Gasteiger charge is 2.36. The van der Waals surface area contributed by atoms with Crippen LogP contribution in [0.4, 0.5) is 5.82 Å². The van der Waals surface area contributed by atoms with Crippen LogP contribution in [0.2, 0.25) is 0 Å². The lowest BCUT2D eigenvalue weighted by atomic mass is 10.0. The summed E-state index contributed by atoms with van der Waals surface area (Å²) in [7, 11) is 1.55. The van der Waals surface area contributed by atoms with Gasteiger partial charge in [-0.15, -0.1) is 0 Å². The van der Waals surface area contributed by atoms with Gasteiger partial charge in [-0.2, -0.15) is 0 Å². The number of guanidine groups is 1. The number of amides is 1.